The van der Waals surface area contributed by atoms with Crippen LogP contribution in [0.5, 0.6) is 5.75 Å². The van der Waals surface area contributed by atoms with E-state index in [0.29, 0.717) is 12.5 Å². The fourth-order valence-corrected chi connectivity index (χ4v) is 1.26. The molecule has 1 N–H and O–H groups in total. The Hall–Kier alpha value is -0.710. The molecule has 0 bridgehead atoms. The third-order valence-electron chi connectivity index (χ3n) is 2.26. The first-order chi connectivity index (χ1) is 8.08. The maximum Gasteiger partial charge on any atom is 1.00 e. The third-order valence-corrected chi connectivity index (χ3v) is 2.26. The standard InChI is InChI=1S/C13H19NO3.Na/c1-10(2)7-8-17-12-5-3-11(4-6-12)14-9-13(15)16;/h3-6,10,14H,7-9H2,1-2H3,(H,15,16);/q;+1/p-1. The molecule has 4 nitrogen and oxygen atoms in total. The summed E-state index contributed by atoms with van der Waals surface area (Å²) in [6, 6.07) is 7.21. The van der Waals surface area contributed by atoms with E-state index in [1.165, 1.54) is 0 Å². The molecule has 0 amide bonds. The van der Waals surface area contributed by atoms with E-state index in [0.717, 1.165) is 17.9 Å². The molecule has 0 saturated heterocycles. The predicted octanol–water partition coefficient (Wildman–Crippen LogP) is -1.72. The summed E-state index contributed by atoms with van der Waals surface area (Å²) in [5, 5.41) is 13.0. The molecule has 18 heavy (non-hydrogen) atoms. The summed E-state index contributed by atoms with van der Waals surface area (Å²) in [5.74, 6) is 0.297. The van der Waals surface area contributed by atoms with Crippen molar-refractivity contribution in [2.24, 2.45) is 5.92 Å². The van der Waals surface area contributed by atoms with Gasteiger partial charge in [-0.25, -0.2) is 0 Å². The smallest absolute Gasteiger partial charge is 0.548 e. The zero-order chi connectivity index (χ0) is 12.7. The van der Waals surface area contributed by atoms with Crippen LogP contribution in [0.2, 0.25) is 0 Å². The normalized spacial score (nSPS) is 9.72. The second-order valence-electron chi connectivity index (χ2n) is 4.28. The average Bonchev–Trinajstić information content (AvgIpc) is 2.27. The number of nitrogens with one attached hydrogen (secondary N) is 1. The van der Waals surface area contributed by atoms with Gasteiger partial charge in [0.05, 0.1) is 19.1 Å². The van der Waals surface area contributed by atoms with Crippen molar-refractivity contribution in [3.05, 3.63) is 24.3 Å². The Morgan fingerprint density at radius 3 is 2.44 bits per heavy atom. The van der Waals surface area contributed by atoms with E-state index in [-0.39, 0.29) is 36.1 Å². The number of ether oxygens (including phenoxy) is 1. The molecule has 1 rings (SSSR count). The molecular weight excluding hydrogens is 241 g/mol. The summed E-state index contributed by atoms with van der Waals surface area (Å²) in [6.45, 7) is 4.81. The number of anilines is 1. The Kier molecular flexibility index (Phi) is 8.89. The minimum absolute atomic E-state index is 0. The molecule has 0 saturated carbocycles. The topological polar surface area (TPSA) is 61.4 Å². The largest absolute Gasteiger partial charge is 1.00 e. The summed E-state index contributed by atoms with van der Waals surface area (Å²) in [4.78, 5) is 10.2. The van der Waals surface area contributed by atoms with Crippen molar-refractivity contribution in [3.63, 3.8) is 0 Å². The molecule has 0 aliphatic carbocycles. The van der Waals surface area contributed by atoms with Gasteiger partial charge in [0.25, 0.3) is 0 Å². The van der Waals surface area contributed by atoms with Crippen LogP contribution in [0.15, 0.2) is 24.3 Å². The number of benzene rings is 1. The van der Waals surface area contributed by atoms with E-state index in [1.807, 2.05) is 12.1 Å². The van der Waals surface area contributed by atoms with Crippen LogP contribution in [-0.4, -0.2) is 19.1 Å². The van der Waals surface area contributed by atoms with Crippen molar-refractivity contribution in [1.29, 1.82) is 0 Å². The zero-order valence-electron chi connectivity index (χ0n) is 11.2. The first-order valence-corrected chi connectivity index (χ1v) is 5.74. The molecule has 94 valence electrons. The summed E-state index contributed by atoms with van der Waals surface area (Å²) in [7, 11) is 0. The predicted molar refractivity (Wildman–Crippen MR) is 64.9 cm³/mol. The van der Waals surface area contributed by atoms with Gasteiger partial charge in [-0.15, -0.1) is 0 Å². The molecule has 0 radical (unpaired) electrons. The second kappa shape index (κ2) is 9.25. The molecule has 5 heteroatoms. The molecule has 0 spiro atoms. The Labute approximate surface area is 130 Å². The zero-order valence-corrected chi connectivity index (χ0v) is 13.2. The SMILES string of the molecule is CC(C)CCOc1ccc(NCC(=O)[O-])cc1.[Na+]. The van der Waals surface area contributed by atoms with E-state index in [2.05, 4.69) is 19.2 Å². The van der Waals surface area contributed by atoms with Gasteiger partial charge in [-0.1, -0.05) is 13.8 Å². The van der Waals surface area contributed by atoms with Crippen molar-refractivity contribution in [2.45, 2.75) is 20.3 Å². The van der Waals surface area contributed by atoms with Gasteiger partial charge in [0, 0.05) is 5.69 Å². The van der Waals surface area contributed by atoms with Crippen molar-refractivity contribution in [1.82, 2.24) is 0 Å². The fraction of sp³-hybridized carbons (Fsp3) is 0.462. The second-order valence-corrected chi connectivity index (χ2v) is 4.28. The molecule has 0 aliphatic heterocycles. The van der Waals surface area contributed by atoms with Crippen LogP contribution in [0, 0.1) is 5.92 Å². The summed E-state index contributed by atoms with van der Waals surface area (Å²) in [6.07, 6.45) is 1.02. The minimum Gasteiger partial charge on any atom is -0.548 e. The first kappa shape index (κ1) is 17.3. The molecule has 0 unspecified atom stereocenters. The number of carbonyl (C=O) groups is 1. The maximum absolute atomic E-state index is 10.2. The number of hydrogen-bond acceptors (Lipinski definition) is 4. The van der Waals surface area contributed by atoms with E-state index < -0.39 is 5.97 Å². The van der Waals surface area contributed by atoms with Gasteiger partial charge in [-0.2, -0.15) is 0 Å². The Bertz CT molecular complexity index is 352. The maximum atomic E-state index is 10.2. The van der Waals surface area contributed by atoms with Crippen molar-refractivity contribution in [2.75, 3.05) is 18.5 Å². The third kappa shape index (κ3) is 7.58. The van der Waals surface area contributed by atoms with Gasteiger partial charge in [0.1, 0.15) is 5.75 Å². The number of rotatable bonds is 7. The number of aliphatic carboxylic acids is 1. The van der Waals surface area contributed by atoms with Gasteiger partial charge < -0.3 is 20.0 Å². The van der Waals surface area contributed by atoms with Crippen LogP contribution in [-0.2, 0) is 4.79 Å². The van der Waals surface area contributed by atoms with Crippen LogP contribution in [0.1, 0.15) is 20.3 Å². The Morgan fingerprint density at radius 1 is 1.33 bits per heavy atom. The number of carbonyl (C=O) groups excluding carboxylic acids is 1. The molecular formula is C13H18NNaO3. The van der Waals surface area contributed by atoms with E-state index >= 15 is 0 Å². The van der Waals surface area contributed by atoms with Crippen LogP contribution >= 0.6 is 0 Å². The first-order valence-electron chi connectivity index (χ1n) is 5.74. The van der Waals surface area contributed by atoms with Crippen LogP contribution in [0.25, 0.3) is 0 Å². The summed E-state index contributed by atoms with van der Waals surface area (Å²) in [5.41, 5.74) is 0.741. The van der Waals surface area contributed by atoms with E-state index in [4.69, 9.17) is 4.74 Å². The molecule has 0 aromatic heterocycles. The minimum atomic E-state index is -1.12. The molecule has 1 aromatic rings. The Morgan fingerprint density at radius 2 is 1.94 bits per heavy atom. The summed E-state index contributed by atoms with van der Waals surface area (Å²) >= 11 is 0. The number of hydrogen-bond donors (Lipinski definition) is 1. The van der Waals surface area contributed by atoms with Gasteiger partial charge >= 0.3 is 29.6 Å². The molecule has 0 heterocycles. The van der Waals surface area contributed by atoms with Crippen LogP contribution in [0.4, 0.5) is 5.69 Å². The summed E-state index contributed by atoms with van der Waals surface area (Å²) < 4.78 is 5.54. The molecule has 0 fully saturated rings. The average molecular weight is 259 g/mol. The molecule has 1 aromatic carbocycles. The van der Waals surface area contributed by atoms with Crippen LogP contribution in [0.3, 0.4) is 0 Å². The van der Waals surface area contributed by atoms with Crippen molar-refractivity contribution in [3.8, 4) is 5.75 Å². The van der Waals surface area contributed by atoms with E-state index in [1.54, 1.807) is 12.1 Å². The van der Waals surface area contributed by atoms with Gasteiger partial charge in [-0.3, -0.25) is 0 Å². The molecule has 0 atom stereocenters. The van der Waals surface area contributed by atoms with Gasteiger partial charge in [0.2, 0.25) is 0 Å². The van der Waals surface area contributed by atoms with Gasteiger partial charge in [0.15, 0.2) is 0 Å². The Balaban J connectivity index is 0.00000289. The quantitative estimate of drug-likeness (QED) is 0.592. The fourth-order valence-electron chi connectivity index (χ4n) is 1.26. The van der Waals surface area contributed by atoms with Crippen molar-refractivity contribution < 1.29 is 44.2 Å². The number of carboxylic acids is 1. The van der Waals surface area contributed by atoms with Crippen LogP contribution < -0.4 is 44.7 Å². The molecule has 0 aliphatic rings. The van der Waals surface area contributed by atoms with E-state index in [9.17, 15) is 9.90 Å². The van der Waals surface area contributed by atoms with Gasteiger partial charge in [-0.05, 0) is 36.6 Å². The van der Waals surface area contributed by atoms with Crippen molar-refractivity contribution >= 4 is 11.7 Å². The monoisotopic (exact) mass is 259 g/mol. The number of carboxylic acid groups (broad SMARTS) is 1.